The van der Waals surface area contributed by atoms with Gasteiger partial charge < -0.3 is 25.0 Å². The van der Waals surface area contributed by atoms with E-state index in [0.29, 0.717) is 36.3 Å². The van der Waals surface area contributed by atoms with E-state index in [1.807, 2.05) is 13.8 Å². The Morgan fingerprint density at radius 2 is 1.87 bits per heavy atom. The number of allylic oxidation sites excluding steroid dienone is 4. The lowest BCUT2D eigenvalue weighted by molar-refractivity contribution is -0.219. The van der Waals surface area contributed by atoms with Gasteiger partial charge in [0.1, 0.15) is 18.1 Å². The number of nitrogens with one attached hydrogen (secondary N) is 1. The van der Waals surface area contributed by atoms with Crippen molar-refractivity contribution in [3.05, 3.63) is 48.1 Å². The second-order valence-electron chi connectivity index (χ2n) is 11.9. The van der Waals surface area contributed by atoms with E-state index in [1.165, 1.54) is 12.2 Å². The molecule has 3 N–H and O–H groups in total. The van der Waals surface area contributed by atoms with Crippen LogP contribution in [0.1, 0.15) is 46.5 Å². The highest BCUT2D eigenvalue weighted by molar-refractivity contribution is 6.01. The van der Waals surface area contributed by atoms with Gasteiger partial charge in [0.25, 0.3) is 5.91 Å². The lowest BCUT2D eigenvalue weighted by Gasteiger charge is -2.62. The van der Waals surface area contributed by atoms with Gasteiger partial charge in [0.2, 0.25) is 0 Å². The van der Waals surface area contributed by atoms with Crippen LogP contribution in [0.5, 0.6) is 11.5 Å². The average molecular weight is 528 g/mol. The number of carbonyl (C=O) groups is 2. The number of aliphatic hydroxyl groups is 2. The van der Waals surface area contributed by atoms with Gasteiger partial charge in [-0.05, 0) is 80.9 Å². The monoisotopic (exact) mass is 527 g/mol. The number of methoxy groups -OCH3 is 1. The highest BCUT2D eigenvalue weighted by atomic mass is 19.1. The number of rotatable bonds is 6. The molecule has 0 unspecified atom stereocenters. The number of ketones is 1. The molecule has 0 aliphatic heterocycles. The number of hydrogen-bond acceptors (Lipinski definition) is 6. The summed E-state index contributed by atoms with van der Waals surface area (Å²) < 4.78 is 28.1. The smallest absolute Gasteiger partial charge is 0.252 e. The van der Waals surface area contributed by atoms with Crippen molar-refractivity contribution in [2.75, 3.05) is 20.3 Å². The van der Waals surface area contributed by atoms with Gasteiger partial charge in [0, 0.05) is 16.7 Å². The number of hydrogen-bond donors (Lipinski definition) is 3. The van der Waals surface area contributed by atoms with Gasteiger partial charge in [0.15, 0.2) is 17.1 Å². The Bertz CT molecular complexity index is 1180. The molecule has 5 rings (SSSR count). The van der Waals surface area contributed by atoms with Gasteiger partial charge in [-0.15, -0.1) is 0 Å². The molecule has 1 amide bonds. The third-order valence-corrected chi connectivity index (χ3v) is 10.3. The Hall–Kier alpha value is -2.71. The van der Waals surface area contributed by atoms with E-state index in [-0.39, 0.29) is 31.3 Å². The Morgan fingerprint density at radius 3 is 2.55 bits per heavy atom. The summed E-state index contributed by atoms with van der Waals surface area (Å²) in [6.07, 6.45) is 4.54. The molecule has 0 saturated heterocycles. The predicted octanol–water partition coefficient (Wildman–Crippen LogP) is 3.54. The van der Waals surface area contributed by atoms with E-state index in [9.17, 15) is 19.8 Å². The maximum absolute atomic E-state index is 17.2. The zero-order valence-corrected chi connectivity index (χ0v) is 22.5. The summed E-state index contributed by atoms with van der Waals surface area (Å²) in [6.45, 7) is 5.81. The normalized spacial score (nSPS) is 41.4. The van der Waals surface area contributed by atoms with E-state index >= 15 is 4.39 Å². The van der Waals surface area contributed by atoms with Crippen LogP contribution in [0.15, 0.2) is 48.1 Å². The molecule has 1 aromatic rings. The van der Waals surface area contributed by atoms with Crippen LogP contribution in [0.25, 0.3) is 0 Å². The Kier molecular flexibility index (Phi) is 6.50. The van der Waals surface area contributed by atoms with Crippen molar-refractivity contribution in [1.29, 1.82) is 0 Å². The minimum Gasteiger partial charge on any atom is -0.497 e. The maximum atomic E-state index is 17.2. The zero-order valence-electron chi connectivity index (χ0n) is 22.5. The fraction of sp³-hybridized carbons (Fsp3) is 0.600. The van der Waals surface area contributed by atoms with Crippen molar-refractivity contribution in [3.63, 3.8) is 0 Å². The van der Waals surface area contributed by atoms with Crippen LogP contribution in [-0.4, -0.2) is 59.5 Å². The molecule has 8 atom stereocenters. The van der Waals surface area contributed by atoms with Crippen LogP contribution in [0, 0.1) is 28.6 Å². The fourth-order valence-electron chi connectivity index (χ4n) is 8.17. The van der Waals surface area contributed by atoms with Crippen molar-refractivity contribution < 1.29 is 33.7 Å². The molecule has 3 saturated carbocycles. The third-order valence-electron chi connectivity index (χ3n) is 10.3. The summed E-state index contributed by atoms with van der Waals surface area (Å²) >= 11 is 0. The number of carbonyl (C=O) groups excluding carboxylic acids is 2. The number of aliphatic hydroxyl groups excluding tert-OH is 1. The van der Waals surface area contributed by atoms with Crippen molar-refractivity contribution >= 4 is 11.7 Å². The maximum Gasteiger partial charge on any atom is 0.252 e. The lowest BCUT2D eigenvalue weighted by atomic mass is 9.44. The molecule has 0 bridgehead atoms. The summed E-state index contributed by atoms with van der Waals surface area (Å²) in [4.78, 5) is 25.6. The predicted molar refractivity (Wildman–Crippen MR) is 139 cm³/mol. The quantitative estimate of drug-likeness (QED) is 0.489. The third kappa shape index (κ3) is 3.59. The average Bonchev–Trinajstić information content (AvgIpc) is 3.09. The summed E-state index contributed by atoms with van der Waals surface area (Å²) in [5.41, 5.74) is -5.17. The molecule has 206 valence electrons. The van der Waals surface area contributed by atoms with Crippen LogP contribution in [0.2, 0.25) is 0 Å². The molecule has 1 aromatic carbocycles. The molecule has 4 aliphatic carbocycles. The minimum absolute atomic E-state index is 0.0497. The van der Waals surface area contributed by atoms with Crippen LogP contribution in [0.4, 0.5) is 4.39 Å². The van der Waals surface area contributed by atoms with Gasteiger partial charge in [0.05, 0.1) is 19.8 Å². The van der Waals surface area contributed by atoms with Crippen LogP contribution in [0.3, 0.4) is 0 Å². The Morgan fingerprint density at radius 1 is 1.18 bits per heavy atom. The van der Waals surface area contributed by atoms with Gasteiger partial charge >= 0.3 is 0 Å². The van der Waals surface area contributed by atoms with Crippen LogP contribution < -0.4 is 14.8 Å². The SMILES string of the molecule is COc1ccc(OCCNC(=O)[C@@]2(O)[C@H](C)C[C@H]3[C@@H]4CCC5=CC(=O)C=C[C@]5(C)[C@@]4(F)[C@@H](O)C[C@@]32C)cc1. The Labute approximate surface area is 223 Å². The van der Waals surface area contributed by atoms with E-state index in [1.54, 1.807) is 44.4 Å². The molecular weight excluding hydrogens is 489 g/mol. The highest BCUT2D eigenvalue weighted by Crippen LogP contribution is 2.70. The fourth-order valence-corrected chi connectivity index (χ4v) is 8.17. The van der Waals surface area contributed by atoms with Gasteiger partial charge in [-0.3, -0.25) is 9.59 Å². The van der Waals surface area contributed by atoms with E-state index in [0.717, 1.165) is 0 Å². The highest BCUT2D eigenvalue weighted by Gasteiger charge is 2.75. The van der Waals surface area contributed by atoms with Crippen molar-refractivity contribution in [2.45, 2.75) is 63.8 Å². The summed E-state index contributed by atoms with van der Waals surface area (Å²) in [7, 11) is 1.59. The van der Waals surface area contributed by atoms with Gasteiger partial charge in [-0.2, -0.15) is 0 Å². The summed E-state index contributed by atoms with van der Waals surface area (Å²) in [6, 6.07) is 7.10. The molecule has 0 aromatic heterocycles. The largest absolute Gasteiger partial charge is 0.497 e. The topological polar surface area (TPSA) is 105 Å². The number of ether oxygens (including phenoxy) is 2. The molecule has 0 radical (unpaired) electrons. The zero-order chi connectivity index (χ0) is 27.5. The molecule has 4 aliphatic rings. The van der Waals surface area contributed by atoms with Crippen molar-refractivity contribution in [1.82, 2.24) is 5.32 Å². The van der Waals surface area contributed by atoms with E-state index in [4.69, 9.17) is 9.47 Å². The summed E-state index contributed by atoms with van der Waals surface area (Å²) in [5, 5.41) is 26.3. The molecular formula is C30H38FNO6. The summed E-state index contributed by atoms with van der Waals surface area (Å²) in [5.74, 6) is -0.621. The Balaban J connectivity index is 1.34. The first-order valence-corrected chi connectivity index (χ1v) is 13.5. The first-order chi connectivity index (χ1) is 17.9. The number of benzene rings is 1. The minimum atomic E-state index is -1.99. The van der Waals surface area contributed by atoms with Crippen LogP contribution in [-0.2, 0) is 9.59 Å². The molecule has 0 heterocycles. The van der Waals surface area contributed by atoms with E-state index in [2.05, 4.69) is 5.32 Å². The van der Waals surface area contributed by atoms with E-state index < -0.39 is 45.9 Å². The second-order valence-corrected chi connectivity index (χ2v) is 11.9. The lowest BCUT2D eigenvalue weighted by Crippen LogP contribution is -2.70. The first kappa shape index (κ1) is 26.9. The van der Waals surface area contributed by atoms with Gasteiger partial charge in [-0.1, -0.05) is 25.5 Å². The molecule has 0 spiro atoms. The van der Waals surface area contributed by atoms with Crippen molar-refractivity contribution in [2.24, 2.45) is 28.6 Å². The standard InChI is InChI=1S/C30H38FNO6/c1-18-15-24-23-10-5-19-16-20(33)11-12-27(19,2)29(23,31)25(34)17-28(24,3)30(18,36)26(35)32-13-14-38-22-8-6-21(37-4)7-9-22/h6-9,11-12,16,18,23-25,34,36H,5,10,13-15,17H2,1-4H3,(H,32,35)/t18-,23+,24+,25+,27+,28+,29+,30+/m1/s1. The number of amides is 1. The molecule has 38 heavy (non-hydrogen) atoms. The van der Waals surface area contributed by atoms with Gasteiger partial charge in [-0.25, -0.2) is 4.39 Å². The molecule has 7 nitrogen and oxygen atoms in total. The molecule has 3 fully saturated rings. The first-order valence-electron chi connectivity index (χ1n) is 13.5. The second kappa shape index (κ2) is 9.19. The van der Waals surface area contributed by atoms with Crippen LogP contribution >= 0.6 is 0 Å². The van der Waals surface area contributed by atoms with Crippen molar-refractivity contribution in [3.8, 4) is 11.5 Å². The number of alkyl halides is 1. The number of fused-ring (bicyclic) bond motifs is 5. The number of halogens is 1. The molecule has 8 heteroatoms.